The minimum absolute atomic E-state index is 0.00208. The lowest BCUT2D eigenvalue weighted by molar-refractivity contribution is -0.138. The van der Waals surface area contributed by atoms with Gasteiger partial charge in [0.05, 0.1) is 0 Å². The molecule has 0 aromatic heterocycles. The maximum absolute atomic E-state index is 11.8. The van der Waals surface area contributed by atoms with E-state index in [-0.39, 0.29) is 27.4 Å². The van der Waals surface area contributed by atoms with E-state index < -0.39 is 24.2 Å². The molecule has 0 aliphatic rings. The van der Waals surface area contributed by atoms with Gasteiger partial charge in [-0.15, -0.1) is 16.4 Å². The molecule has 0 bridgehead atoms. The molecule has 1 aromatic rings. The lowest BCUT2D eigenvalue weighted by Gasteiger charge is -2.16. The van der Waals surface area contributed by atoms with Crippen LogP contribution in [-0.2, 0) is 4.79 Å². The smallest absolute Gasteiger partial charge is 0.320 e. The Labute approximate surface area is 110 Å². The van der Waals surface area contributed by atoms with Gasteiger partial charge in [0.25, 0.3) is 0 Å². The molecule has 1 unspecified atom stereocenters. The van der Waals surface area contributed by atoms with Crippen molar-refractivity contribution in [1.82, 2.24) is 0 Å². The average molecular weight is 232 g/mol. The number of Topliss-reactive ketones (excluding diaryl/α,β-unsaturated/α-hetero) is 1. The van der Waals surface area contributed by atoms with Crippen LogP contribution in [0.25, 0.3) is 0 Å². The highest BCUT2D eigenvalue weighted by Crippen LogP contribution is 2.00. The Morgan fingerprint density at radius 1 is 1.17 bits per heavy atom. The molecule has 18 heavy (non-hydrogen) atoms. The summed E-state index contributed by atoms with van der Waals surface area (Å²) >= 11 is 0. The van der Waals surface area contributed by atoms with Crippen LogP contribution in [0, 0.1) is 0 Å². The van der Waals surface area contributed by atoms with E-state index in [1.807, 2.05) is 0 Å². The molecule has 1 aromatic carbocycles. The van der Waals surface area contributed by atoms with Gasteiger partial charge in [-0.1, -0.05) is 11.5 Å². The van der Waals surface area contributed by atoms with Gasteiger partial charge in [0.2, 0.25) is 0 Å². The molecule has 0 saturated carbocycles. The first-order valence-electron chi connectivity index (χ1n) is 5.00. The fraction of sp³-hybridized carbons (Fsp3) is 0.200. The molecule has 1 atom stereocenters. The summed E-state index contributed by atoms with van der Waals surface area (Å²) in [5.41, 5.74) is 5.46. The standard InChI is InChI=1S/C10H7B4NO3/c11-4-1-3(7(12)9(14)8(4)13)6(16)2-5(15)10(17)18/h1,5H,2,15H2,(H,17,18). The molecule has 0 saturated heterocycles. The summed E-state index contributed by atoms with van der Waals surface area (Å²) in [6.45, 7) is 0. The Bertz CT molecular complexity index is 518. The molecular formula is C10H7B4NO3. The van der Waals surface area contributed by atoms with Crippen LogP contribution in [0.1, 0.15) is 16.8 Å². The molecule has 4 nitrogen and oxygen atoms in total. The van der Waals surface area contributed by atoms with E-state index in [9.17, 15) is 9.59 Å². The van der Waals surface area contributed by atoms with Crippen molar-refractivity contribution in [2.45, 2.75) is 12.5 Å². The molecule has 0 aliphatic heterocycles. The van der Waals surface area contributed by atoms with Crippen LogP contribution in [0.15, 0.2) is 6.07 Å². The molecule has 1 rings (SSSR count). The van der Waals surface area contributed by atoms with Crippen molar-refractivity contribution in [2.75, 3.05) is 0 Å². The normalized spacial score (nSPS) is 12.1. The number of carbonyl (C=O) groups excluding carboxylic acids is 1. The van der Waals surface area contributed by atoms with Crippen LogP contribution < -0.4 is 27.6 Å². The predicted octanol–water partition coefficient (Wildman–Crippen LogP) is -4.15. The maximum Gasteiger partial charge on any atom is 0.320 e. The third-order valence-corrected chi connectivity index (χ3v) is 2.50. The van der Waals surface area contributed by atoms with Gasteiger partial charge in [-0.2, -0.15) is 0 Å². The number of ketones is 1. The highest BCUT2D eigenvalue weighted by atomic mass is 16.4. The van der Waals surface area contributed by atoms with Crippen molar-refractivity contribution in [3.05, 3.63) is 11.6 Å². The fourth-order valence-corrected chi connectivity index (χ4v) is 1.38. The van der Waals surface area contributed by atoms with E-state index in [0.717, 1.165) is 0 Å². The number of hydrogen-bond acceptors (Lipinski definition) is 3. The number of rotatable bonds is 4. The first kappa shape index (κ1) is 14.6. The van der Waals surface area contributed by atoms with E-state index in [4.69, 9.17) is 42.2 Å². The van der Waals surface area contributed by atoms with Gasteiger partial charge < -0.3 is 10.8 Å². The highest BCUT2D eigenvalue weighted by molar-refractivity contribution is 6.63. The summed E-state index contributed by atoms with van der Waals surface area (Å²) in [5, 5.41) is 8.62. The van der Waals surface area contributed by atoms with Crippen molar-refractivity contribution in [1.29, 1.82) is 0 Å². The Hall–Kier alpha value is -1.42. The zero-order valence-corrected chi connectivity index (χ0v) is 9.51. The molecule has 3 N–H and O–H groups in total. The average Bonchev–Trinajstić information content (AvgIpc) is 2.30. The summed E-state index contributed by atoms with van der Waals surface area (Å²) in [7, 11) is 22.3. The molecular weight excluding hydrogens is 225 g/mol. The van der Waals surface area contributed by atoms with Gasteiger partial charge in [0.1, 0.15) is 37.4 Å². The van der Waals surface area contributed by atoms with Crippen LogP contribution in [0.5, 0.6) is 0 Å². The van der Waals surface area contributed by atoms with Crippen molar-refractivity contribution < 1.29 is 14.7 Å². The second-order valence-electron chi connectivity index (χ2n) is 3.83. The van der Waals surface area contributed by atoms with E-state index >= 15 is 0 Å². The van der Waals surface area contributed by atoms with Gasteiger partial charge >= 0.3 is 5.97 Å². The quantitative estimate of drug-likeness (QED) is 0.408. The summed E-state index contributed by atoms with van der Waals surface area (Å²) in [6.07, 6.45) is -0.400. The molecule has 0 heterocycles. The predicted molar refractivity (Wildman–Crippen MR) is 72.6 cm³/mol. The Balaban J connectivity index is 3.11. The molecule has 82 valence electrons. The largest absolute Gasteiger partial charge is 0.480 e. The minimum atomic E-state index is -1.31. The Kier molecular flexibility index (Phi) is 4.46. The van der Waals surface area contributed by atoms with Crippen LogP contribution >= 0.6 is 0 Å². The number of benzene rings is 1. The zero-order chi connectivity index (χ0) is 14.0. The van der Waals surface area contributed by atoms with Crippen LogP contribution in [0.2, 0.25) is 0 Å². The van der Waals surface area contributed by atoms with E-state index in [1.54, 1.807) is 0 Å². The van der Waals surface area contributed by atoms with E-state index in [0.29, 0.717) is 0 Å². The van der Waals surface area contributed by atoms with E-state index in [2.05, 4.69) is 0 Å². The molecule has 0 amide bonds. The maximum atomic E-state index is 11.8. The van der Waals surface area contributed by atoms with Crippen LogP contribution in [0.3, 0.4) is 0 Å². The molecule has 0 fully saturated rings. The van der Waals surface area contributed by atoms with Gasteiger partial charge in [0, 0.05) is 12.0 Å². The van der Waals surface area contributed by atoms with Crippen molar-refractivity contribution >= 4 is 65.0 Å². The molecule has 0 aliphatic carbocycles. The number of hydrogen-bond donors (Lipinski definition) is 2. The number of carboxylic acids is 1. The Morgan fingerprint density at radius 2 is 1.72 bits per heavy atom. The fourth-order valence-electron chi connectivity index (χ4n) is 1.38. The Morgan fingerprint density at radius 3 is 2.22 bits per heavy atom. The number of nitrogens with two attached hydrogens (primary N) is 1. The molecule has 8 heteroatoms. The third kappa shape index (κ3) is 2.88. The van der Waals surface area contributed by atoms with Crippen LogP contribution in [0.4, 0.5) is 0 Å². The number of aliphatic carboxylic acids is 1. The first-order chi connectivity index (χ1) is 8.25. The van der Waals surface area contributed by atoms with Crippen molar-refractivity contribution in [2.24, 2.45) is 5.73 Å². The molecule has 0 spiro atoms. The monoisotopic (exact) mass is 233 g/mol. The summed E-state index contributed by atoms with van der Waals surface area (Å²) in [5.74, 6) is -1.83. The lowest BCUT2D eigenvalue weighted by atomic mass is 9.65. The number of carbonyl (C=O) groups is 2. The van der Waals surface area contributed by atoms with Gasteiger partial charge in [-0.25, -0.2) is 0 Å². The minimum Gasteiger partial charge on any atom is -0.480 e. The summed E-state index contributed by atoms with van der Waals surface area (Å²) in [6, 6.07) is -0.0466. The topological polar surface area (TPSA) is 80.4 Å². The third-order valence-electron chi connectivity index (χ3n) is 2.50. The van der Waals surface area contributed by atoms with E-state index in [1.165, 1.54) is 6.07 Å². The summed E-state index contributed by atoms with van der Waals surface area (Å²) in [4.78, 5) is 22.4. The van der Waals surface area contributed by atoms with Gasteiger partial charge in [-0.05, 0) is 0 Å². The molecule has 8 radical (unpaired) electrons. The zero-order valence-electron chi connectivity index (χ0n) is 9.51. The highest BCUT2D eigenvalue weighted by Gasteiger charge is 2.19. The number of carboxylic acid groups (broad SMARTS) is 1. The summed E-state index contributed by atoms with van der Waals surface area (Å²) < 4.78 is 0. The van der Waals surface area contributed by atoms with Gasteiger partial charge in [-0.3, -0.25) is 9.59 Å². The first-order valence-corrected chi connectivity index (χ1v) is 5.00. The van der Waals surface area contributed by atoms with Crippen LogP contribution in [-0.4, -0.2) is 54.3 Å². The SMILES string of the molecule is [B]c1cc(C(=O)CC(N)C(=O)O)c([B])c([B])c1[B]. The van der Waals surface area contributed by atoms with Crippen molar-refractivity contribution in [3.63, 3.8) is 0 Å². The van der Waals surface area contributed by atoms with Gasteiger partial charge in [0.15, 0.2) is 5.78 Å². The van der Waals surface area contributed by atoms with Crippen molar-refractivity contribution in [3.8, 4) is 0 Å². The second kappa shape index (κ2) is 5.48. The lowest BCUT2D eigenvalue weighted by Crippen LogP contribution is -2.49. The second-order valence-corrected chi connectivity index (χ2v) is 3.83.